The quantitative estimate of drug-likeness (QED) is 0.157. The number of aromatic nitrogens is 6. The number of benzene rings is 8. The third-order valence-electron chi connectivity index (χ3n) is 9.86. The summed E-state index contributed by atoms with van der Waals surface area (Å²) in [6.45, 7) is 0. The zero-order valence-electron chi connectivity index (χ0n) is 29.7. The summed E-state index contributed by atoms with van der Waals surface area (Å²) >= 11 is 0. The summed E-state index contributed by atoms with van der Waals surface area (Å²) in [5, 5.41) is 19.0. The molecular formula is C48H33N7. The average molecular weight is 708 g/mol. The van der Waals surface area contributed by atoms with E-state index in [2.05, 4.69) is 157 Å². The van der Waals surface area contributed by atoms with Crippen LogP contribution in [0.4, 0.5) is 17.1 Å². The summed E-state index contributed by atoms with van der Waals surface area (Å²) < 4.78 is 0. The molecule has 0 amide bonds. The lowest BCUT2D eigenvalue weighted by Gasteiger charge is -2.31. The first-order valence-electron chi connectivity index (χ1n) is 18.2. The minimum atomic E-state index is 0.853. The predicted octanol–water partition coefficient (Wildman–Crippen LogP) is 11.6. The van der Waals surface area contributed by atoms with Crippen LogP contribution in [0.1, 0.15) is 0 Å². The van der Waals surface area contributed by atoms with Crippen LogP contribution < -0.4 is 4.90 Å². The van der Waals surface area contributed by atoms with Gasteiger partial charge in [-0.3, -0.25) is 0 Å². The molecule has 2 heterocycles. The fraction of sp³-hybridized carbons (Fsp3) is 0. The molecule has 0 N–H and O–H groups in total. The van der Waals surface area contributed by atoms with Crippen LogP contribution in [0.25, 0.3) is 66.8 Å². The van der Waals surface area contributed by atoms with Crippen LogP contribution in [-0.2, 0) is 0 Å². The first-order chi connectivity index (χ1) is 27.2. The monoisotopic (exact) mass is 707 g/mol. The molecule has 0 aliphatic rings. The molecule has 0 aliphatic heterocycles. The molecule has 0 aliphatic carbocycles. The van der Waals surface area contributed by atoms with E-state index in [0.717, 1.165) is 83.9 Å². The standard InChI is InChI=1S/C48H33N7/c1-4-14-34(15-5-1)37-32-42(35-16-6-2-7-17-35)48(43(33-37)36-18-8-3-9-19-36)53(38-24-28-40(29-25-38)54-49-44-20-10-11-21-45(44)50-54)39-26-30-41(31-27-39)55-51-46-22-12-13-23-47(46)52-55/h1-33H. The molecule has 260 valence electrons. The smallest absolute Gasteiger partial charge is 0.113 e. The van der Waals surface area contributed by atoms with E-state index in [4.69, 9.17) is 20.4 Å². The van der Waals surface area contributed by atoms with E-state index in [1.807, 2.05) is 48.5 Å². The summed E-state index contributed by atoms with van der Waals surface area (Å²) in [6, 6.07) is 69.3. The Hall–Kier alpha value is -7.64. The SMILES string of the molecule is c1ccc(-c2cc(-c3ccccc3)c(N(c3ccc(-n4nc5ccccc5n4)cc3)c3ccc(-n4nc5ccccc5n4)cc3)c(-c3ccccc3)c2)cc1. The summed E-state index contributed by atoms with van der Waals surface area (Å²) in [6.07, 6.45) is 0. The van der Waals surface area contributed by atoms with Crippen molar-refractivity contribution in [3.05, 3.63) is 200 Å². The van der Waals surface area contributed by atoms with Crippen molar-refractivity contribution in [2.45, 2.75) is 0 Å². The van der Waals surface area contributed by atoms with E-state index in [-0.39, 0.29) is 0 Å². The van der Waals surface area contributed by atoms with E-state index in [1.54, 1.807) is 9.59 Å². The van der Waals surface area contributed by atoms with Gasteiger partial charge in [0.15, 0.2) is 0 Å². The van der Waals surface area contributed by atoms with Gasteiger partial charge in [-0.1, -0.05) is 115 Å². The molecular weight excluding hydrogens is 675 g/mol. The molecule has 7 nitrogen and oxygen atoms in total. The Morgan fingerprint density at radius 3 is 1.00 bits per heavy atom. The van der Waals surface area contributed by atoms with Crippen LogP contribution in [0.2, 0.25) is 0 Å². The van der Waals surface area contributed by atoms with Crippen LogP contribution in [0.5, 0.6) is 0 Å². The summed E-state index contributed by atoms with van der Waals surface area (Å²) in [7, 11) is 0. The number of anilines is 3. The highest BCUT2D eigenvalue weighted by Gasteiger charge is 2.24. The van der Waals surface area contributed by atoms with Gasteiger partial charge in [0.2, 0.25) is 0 Å². The van der Waals surface area contributed by atoms with Gasteiger partial charge in [0.05, 0.1) is 17.1 Å². The summed E-state index contributed by atoms with van der Waals surface area (Å²) in [5.74, 6) is 0. The molecule has 0 fully saturated rings. The lowest BCUT2D eigenvalue weighted by atomic mass is 9.90. The highest BCUT2D eigenvalue weighted by atomic mass is 15.5. The molecule has 2 aromatic heterocycles. The number of nitrogens with zero attached hydrogens (tertiary/aromatic N) is 7. The number of hydrogen-bond donors (Lipinski definition) is 0. The minimum absolute atomic E-state index is 0.853. The maximum absolute atomic E-state index is 4.75. The third-order valence-corrected chi connectivity index (χ3v) is 9.86. The molecule has 0 spiro atoms. The van der Waals surface area contributed by atoms with Gasteiger partial charge in [-0.2, -0.15) is 9.59 Å². The maximum Gasteiger partial charge on any atom is 0.113 e. The molecule has 0 saturated carbocycles. The van der Waals surface area contributed by atoms with Gasteiger partial charge in [0.1, 0.15) is 22.1 Å². The Labute approximate surface area is 318 Å². The van der Waals surface area contributed by atoms with Crippen molar-refractivity contribution in [1.29, 1.82) is 0 Å². The highest BCUT2D eigenvalue weighted by Crippen LogP contribution is 2.48. The molecule has 7 heteroatoms. The summed E-state index contributed by atoms with van der Waals surface area (Å²) in [4.78, 5) is 5.76. The Morgan fingerprint density at radius 1 is 0.309 bits per heavy atom. The number of hydrogen-bond acceptors (Lipinski definition) is 5. The Balaban J connectivity index is 1.20. The van der Waals surface area contributed by atoms with Gasteiger partial charge < -0.3 is 4.90 Å². The normalized spacial score (nSPS) is 11.3. The first-order valence-corrected chi connectivity index (χ1v) is 18.2. The summed E-state index contributed by atoms with van der Waals surface area (Å²) in [5.41, 5.74) is 14.9. The predicted molar refractivity (Wildman–Crippen MR) is 222 cm³/mol. The topological polar surface area (TPSA) is 64.7 Å². The van der Waals surface area contributed by atoms with Gasteiger partial charge in [0, 0.05) is 22.5 Å². The van der Waals surface area contributed by atoms with E-state index < -0.39 is 0 Å². The van der Waals surface area contributed by atoms with Crippen molar-refractivity contribution >= 4 is 39.1 Å². The van der Waals surface area contributed by atoms with Crippen LogP contribution >= 0.6 is 0 Å². The van der Waals surface area contributed by atoms with E-state index in [9.17, 15) is 0 Å². The van der Waals surface area contributed by atoms with Crippen molar-refractivity contribution in [3.63, 3.8) is 0 Å². The van der Waals surface area contributed by atoms with Gasteiger partial charge in [-0.25, -0.2) is 0 Å². The van der Waals surface area contributed by atoms with Gasteiger partial charge >= 0.3 is 0 Å². The average Bonchev–Trinajstić information content (AvgIpc) is 3.91. The zero-order valence-corrected chi connectivity index (χ0v) is 29.7. The van der Waals surface area contributed by atoms with E-state index >= 15 is 0 Å². The Bertz CT molecular complexity index is 2660. The fourth-order valence-corrected chi connectivity index (χ4v) is 7.18. The highest BCUT2D eigenvalue weighted by molar-refractivity contribution is 6.00. The van der Waals surface area contributed by atoms with Gasteiger partial charge in [0.25, 0.3) is 0 Å². The van der Waals surface area contributed by atoms with Gasteiger partial charge in [-0.05, 0) is 107 Å². The van der Waals surface area contributed by atoms with Crippen LogP contribution in [0.3, 0.4) is 0 Å². The molecule has 0 bridgehead atoms. The van der Waals surface area contributed by atoms with Crippen LogP contribution in [0.15, 0.2) is 200 Å². The maximum atomic E-state index is 4.75. The zero-order chi connectivity index (χ0) is 36.6. The second-order valence-electron chi connectivity index (χ2n) is 13.3. The Morgan fingerprint density at radius 2 is 0.636 bits per heavy atom. The number of fused-ring (bicyclic) bond motifs is 2. The van der Waals surface area contributed by atoms with Crippen molar-refractivity contribution < 1.29 is 0 Å². The second-order valence-corrected chi connectivity index (χ2v) is 13.3. The lowest BCUT2D eigenvalue weighted by Crippen LogP contribution is -2.13. The molecule has 8 aromatic carbocycles. The minimum Gasteiger partial charge on any atom is -0.309 e. The molecule has 10 aromatic rings. The van der Waals surface area contributed by atoms with E-state index in [0.29, 0.717) is 0 Å². The molecule has 0 unspecified atom stereocenters. The molecule has 0 saturated heterocycles. The van der Waals surface area contributed by atoms with Crippen molar-refractivity contribution in [3.8, 4) is 44.8 Å². The molecule has 0 atom stereocenters. The third kappa shape index (κ3) is 6.09. The largest absolute Gasteiger partial charge is 0.309 e. The van der Waals surface area contributed by atoms with Crippen molar-refractivity contribution in [2.75, 3.05) is 4.90 Å². The number of rotatable bonds is 8. The Kier molecular flexibility index (Phi) is 8.00. The fourth-order valence-electron chi connectivity index (χ4n) is 7.18. The second kappa shape index (κ2) is 13.7. The van der Waals surface area contributed by atoms with Gasteiger partial charge in [-0.15, -0.1) is 20.4 Å². The molecule has 0 radical (unpaired) electrons. The van der Waals surface area contributed by atoms with Crippen molar-refractivity contribution in [1.82, 2.24) is 30.0 Å². The van der Waals surface area contributed by atoms with Crippen LogP contribution in [-0.4, -0.2) is 30.0 Å². The molecule has 55 heavy (non-hydrogen) atoms. The molecule has 10 rings (SSSR count). The lowest BCUT2D eigenvalue weighted by molar-refractivity contribution is 0.765. The van der Waals surface area contributed by atoms with Crippen molar-refractivity contribution in [2.24, 2.45) is 0 Å². The van der Waals surface area contributed by atoms with E-state index in [1.165, 1.54) is 0 Å². The first kappa shape index (κ1) is 32.0. The van der Waals surface area contributed by atoms with Crippen LogP contribution in [0, 0.1) is 0 Å².